The quantitative estimate of drug-likeness (QED) is 0.624. The summed E-state index contributed by atoms with van der Waals surface area (Å²) in [4.78, 5) is 13.0. The zero-order chi connectivity index (χ0) is 14.7. The minimum absolute atomic E-state index is 0.419. The highest BCUT2D eigenvalue weighted by atomic mass is 16.5. The maximum absolute atomic E-state index is 4.94. The van der Waals surface area contributed by atoms with E-state index in [9.17, 15) is 0 Å². The zero-order valence-electron chi connectivity index (χ0n) is 11.8. The molecular formula is C12H16N8O. The molecule has 0 aliphatic heterocycles. The summed E-state index contributed by atoms with van der Waals surface area (Å²) < 4.78 is 4.94. The van der Waals surface area contributed by atoms with Crippen molar-refractivity contribution in [3.63, 3.8) is 0 Å². The van der Waals surface area contributed by atoms with E-state index in [4.69, 9.17) is 4.52 Å². The molecule has 21 heavy (non-hydrogen) atoms. The molecule has 0 radical (unpaired) electrons. The van der Waals surface area contributed by atoms with Crippen LogP contribution in [-0.4, -0.2) is 36.9 Å². The van der Waals surface area contributed by atoms with Crippen LogP contribution in [0.15, 0.2) is 10.7 Å². The Morgan fingerprint density at radius 2 is 2.14 bits per heavy atom. The second-order valence-electron chi connectivity index (χ2n) is 4.54. The molecule has 0 saturated heterocycles. The fourth-order valence-corrected chi connectivity index (χ4v) is 1.86. The van der Waals surface area contributed by atoms with Gasteiger partial charge in [0.15, 0.2) is 11.5 Å². The van der Waals surface area contributed by atoms with E-state index in [2.05, 4.69) is 47.9 Å². The first kappa shape index (κ1) is 13.3. The van der Waals surface area contributed by atoms with Crippen LogP contribution in [-0.2, 0) is 6.54 Å². The van der Waals surface area contributed by atoms with Crippen LogP contribution in [0.2, 0.25) is 0 Å². The second-order valence-corrected chi connectivity index (χ2v) is 4.54. The van der Waals surface area contributed by atoms with Gasteiger partial charge in [-0.05, 0) is 6.42 Å². The highest BCUT2D eigenvalue weighted by molar-refractivity contribution is 5.86. The molecule has 3 aromatic heterocycles. The molecule has 0 unspecified atom stereocenters. The van der Waals surface area contributed by atoms with Gasteiger partial charge in [-0.25, -0.2) is 0 Å². The lowest BCUT2D eigenvalue weighted by Crippen LogP contribution is -2.08. The van der Waals surface area contributed by atoms with Gasteiger partial charge in [-0.1, -0.05) is 12.1 Å². The van der Waals surface area contributed by atoms with Crippen molar-refractivity contribution in [1.82, 2.24) is 30.3 Å². The summed E-state index contributed by atoms with van der Waals surface area (Å²) >= 11 is 0. The first-order valence-corrected chi connectivity index (χ1v) is 6.74. The molecule has 110 valence electrons. The zero-order valence-corrected chi connectivity index (χ0v) is 11.8. The summed E-state index contributed by atoms with van der Waals surface area (Å²) in [7, 11) is 0. The Kier molecular flexibility index (Phi) is 3.63. The van der Waals surface area contributed by atoms with E-state index in [-0.39, 0.29) is 0 Å². The number of rotatable bonds is 6. The molecular weight excluding hydrogens is 272 g/mol. The number of hydrogen-bond acceptors (Lipinski definition) is 8. The first-order chi connectivity index (χ1) is 10.3. The highest BCUT2D eigenvalue weighted by Crippen LogP contribution is 2.20. The van der Waals surface area contributed by atoms with E-state index in [1.807, 2.05) is 0 Å². The van der Waals surface area contributed by atoms with Crippen molar-refractivity contribution in [2.24, 2.45) is 0 Å². The monoisotopic (exact) mass is 288 g/mol. The third-order valence-electron chi connectivity index (χ3n) is 2.83. The number of aryl methyl sites for hydroxylation is 1. The Balaban J connectivity index is 1.83. The minimum atomic E-state index is 0.419. The maximum atomic E-state index is 4.94. The molecule has 9 nitrogen and oxygen atoms in total. The summed E-state index contributed by atoms with van der Waals surface area (Å²) in [6, 6.07) is 0. The van der Waals surface area contributed by atoms with Crippen molar-refractivity contribution >= 4 is 22.8 Å². The van der Waals surface area contributed by atoms with Crippen molar-refractivity contribution in [2.45, 2.75) is 26.8 Å². The molecule has 3 rings (SSSR count). The molecule has 0 bridgehead atoms. The predicted octanol–water partition coefficient (Wildman–Crippen LogP) is 1.48. The molecule has 0 atom stereocenters. The van der Waals surface area contributed by atoms with E-state index in [1.165, 1.54) is 0 Å². The van der Waals surface area contributed by atoms with Gasteiger partial charge in [-0.3, -0.25) is 5.10 Å². The smallest absolute Gasteiger partial charge is 0.226 e. The SMILES string of the molecule is CCCNc1nc(NCc2noc(C)n2)c2cn[nH]c2n1. The Morgan fingerprint density at radius 1 is 1.24 bits per heavy atom. The molecule has 3 aromatic rings. The number of anilines is 2. The van der Waals surface area contributed by atoms with Crippen LogP contribution in [0.4, 0.5) is 11.8 Å². The van der Waals surface area contributed by atoms with Gasteiger partial charge in [-0.2, -0.15) is 20.1 Å². The third-order valence-corrected chi connectivity index (χ3v) is 2.83. The summed E-state index contributed by atoms with van der Waals surface area (Å²) in [5.41, 5.74) is 0.676. The van der Waals surface area contributed by atoms with E-state index in [1.54, 1.807) is 13.1 Å². The van der Waals surface area contributed by atoms with Gasteiger partial charge >= 0.3 is 0 Å². The van der Waals surface area contributed by atoms with Crippen LogP contribution in [0, 0.1) is 6.92 Å². The lowest BCUT2D eigenvalue weighted by atomic mass is 10.4. The lowest BCUT2D eigenvalue weighted by molar-refractivity contribution is 0.388. The largest absolute Gasteiger partial charge is 0.362 e. The molecule has 3 heterocycles. The molecule has 0 aromatic carbocycles. The number of H-pyrrole nitrogens is 1. The highest BCUT2D eigenvalue weighted by Gasteiger charge is 2.10. The van der Waals surface area contributed by atoms with E-state index in [0.29, 0.717) is 35.7 Å². The average molecular weight is 288 g/mol. The maximum Gasteiger partial charge on any atom is 0.226 e. The molecule has 0 fully saturated rings. The molecule has 3 N–H and O–H groups in total. The lowest BCUT2D eigenvalue weighted by Gasteiger charge is -2.07. The van der Waals surface area contributed by atoms with Gasteiger partial charge < -0.3 is 15.2 Å². The molecule has 9 heteroatoms. The molecule has 0 amide bonds. The van der Waals surface area contributed by atoms with Crippen LogP contribution in [0.1, 0.15) is 25.1 Å². The van der Waals surface area contributed by atoms with Gasteiger partial charge in [0.25, 0.3) is 0 Å². The van der Waals surface area contributed by atoms with E-state index >= 15 is 0 Å². The number of nitrogens with one attached hydrogen (secondary N) is 3. The van der Waals surface area contributed by atoms with Gasteiger partial charge in [0, 0.05) is 13.5 Å². The second kappa shape index (κ2) is 5.73. The van der Waals surface area contributed by atoms with Crippen LogP contribution >= 0.6 is 0 Å². The minimum Gasteiger partial charge on any atom is -0.362 e. The predicted molar refractivity (Wildman–Crippen MR) is 76.8 cm³/mol. The van der Waals surface area contributed by atoms with E-state index < -0.39 is 0 Å². The van der Waals surface area contributed by atoms with Crippen molar-refractivity contribution in [2.75, 3.05) is 17.2 Å². The first-order valence-electron chi connectivity index (χ1n) is 6.74. The van der Waals surface area contributed by atoms with Crippen LogP contribution in [0.25, 0.3) is 11.0 Å². The Hall–Kier alpha value is -2.71. The third kappa shape index (κ3) is 2.91. The molecule has 0 spiro atoms. The Bertz CT molecular complexity index is 734. The number of aromatic amines is 1. The van der Waals surface area contributed by atoms with Crippen molar-refractivity contribution in [3.8, 4) is 0 Å². The standard InChI is InChI=1S/C12H16N8O/c1-3-4-13-12-17-10(8-5-15-19-11(8)18-12)14-6-9-16-7(2)21-20-9/h5H,3-4,6H2,1-2H3,(H3,13,14,15,17,18,19). The number of fused-ring (bicyclic) bond motifs is 1. The van der Waals surface area contributed by atoms with Gasteiger partial charge in [-0.15, -0.1) is 0 Å². The Labute approximate surface area is 120 Å². The van der Waals surface area contributed by atoms with Gasteiger partial charge in [0.05, 0.1) is 18.1 Å². The number of hydrogen-bond donors (Lipinski definition) is 3. The van der Waals surface area contributed by atoms with Gasteiger partial charge in [0.1, 0.15) is 5.82 Å². The van der Waals surface area contributed by atoms with Crippen LogP contribution in [0.5, 0.6) is 0 Å². The number of nitrogens with zero attached hydrogens (tertiary/aromatic N) is 5. The summed E-state index contributed by atoms with van der Waals surface area (Å²) in [5.74, 6) is 2.34. The number of aromatic nitrogens is 6. The van der Waals surface area contributed by atoms with Crippen molar-refractivity contribution < 1.29 is 4.52 Å². The van der Waals surface area contributed by atoms with Crippen molar-refractivity contribution in [3.05, 3.63) is 17.9 Å². The molecule has 0 aliphatic rings. The molecule has 0 aliphatic carbocycles. The topological polar surface area (TPSA) is 117 Å². The van der Waals surface area contributed by atoms with E-state index in [0.717, 1.165) is 18.4 Å². The Morgan fingerprint density at radius 3 is 2.90 bits per heavy atom. The fraction of sp³-hybridized carbons (Fsp3) is 0.417. The summed E-state index contributed by atoms with van der Waals surface area (Å²) in [6.45, 7) is 5.06. The summed E-state index contributed by atoms with van der Waals surface area (Å²) in [5, 5.41) is 17.8. The van der Waals surface area contributed by atoms with Crippen LogP contribution in [0.3, 0.4) is 0 Å². The van der Waals surface area contributed by atoms with Gasteiger partial charge in [0.2, 0.25) is 11.8 Å². The molecule has 0 saturated carbocycles. The van der Waals surface area contributed by atoms with Crippen LogP contribution < -0.4 is 10.6 Å². The fourth-order valence-electron chi connectivity index (χ4n) is 1.86. The van der Waals surface area contributed by atoms with Crippen molar-refractivity contribution in [1.29, 1.82) is 0 Å². The average Bonchev–Trinajstić information content (AvgIpc) is 3.11. The summed E-state index contributed by atoms with van der Waals surface area (Å²) in [6.07, 6.45) is 2.68. The normalized spacial score (nSPS) is 11.0.